The molecule has 0 aromatic carbocycles. The summed E-state index contributed by atoms with van der Waals surface area (Å²) in [7, 11) is 0. The zero-order chi connectivity index (χ0) is 8.97. The molecule has 1 saturated heterocycles. The van der Waals surface area contributed by atoms with Crippen molar-refractivity contribution in [3.63, 3.8) is 0 Å². The molecule has 1 heterocycles. The number of aliphatic hydroxyl groups is 1. The second kappa shape index (κ2) is 4.49. The van der Waals surface area contributed by atoms with Crippen LogP contribution >= 0.6 is 0 Å². The monoisotopic (exact) mass is 167 g/mol. The minimum Gasteiger partial charge on any atom is -0.393 e. The summed E-state index contributed by atoms with van der Waals surface area (Å²) in [6, 6.07) is 0. The van der Waals surface area contributed by atoms with Crippen LogP contribution in [0.15, 0.2) is 0 Å². The molecule has 3 unspecified atom stereocenters. The Kier molecular flexibility index (Phi) is 3.58. The van der Waals surface area contributed by atoms with Crippen LogP contribution < -0.4 is 5.32 Å². The van der Waals surface area contributed by atoms with E-state index < -0.39 is 0 Å². The smallest absolute Gasteiger partial charge is 0.0592 e. The quantitative estimate of drug-likeness (QED) is 0.604. The standard InChI is InChI=1S/C10H17NO/c1-3-4-5-10(12)9-7-11-6-8(9)2/h1,8-12H,4-7H2,2H3. The summed E-state index contributed by atoms with van der Waals surface area (Å²) >= 11 is 0. The molecule has 12 heavy (non-hydrogen) atoms. The Bertz CT molecular complexity index is 173. The fraction of sp³-hybridized carbons (Fsp3) is 0.800. The third-order valence-corrected chi connectivity index (χ3v) is 2.66. The molecular formula is C10H17NO. The molecule has 2 N–H and O–H groups in total. The summed E-state index contributed by atoms with van der Waals surface area (Å²) in [5, 5.41) is 13.0. The molecule has 2 heteroatoms. The third-order valence-electron chi connectivity index (χ3n) is 2.66. The van der Waals surface area contributed by atoms with Crippen LogP contribution in [0.4, 0.5) is 0 Å². The molecule has 0 saturated carbocycles. The number of hydrogen-bond donors (Lipinski definition) is 2. The molecule has 0 aromatic heterocycles. The Hall–Kier alpha value is -0.520. The van der Waals surface area contributed by atoms with Gasteiger partial charge in [0.15, 0.2) is 0 Å². The Morgan fingerprint density at radius 2 is 2.42 bits per heavy atom. The summed E-state index contributed by atoms with van der Waals surface area (Å²) in [6.07, 6.45) is 6.34. The summed E-state index contributed by atoms with van der Waals surface area (Å²) in [4.78, 5) is 0. The maximum absolute atomic E-state index is 9.71. The fourth-order valence-corrected chi connectivity index (χ4v) is 1.79. The van der Waals surface area contributed by atoms with E-state index in [1.807, 2.05) is 0 Å². The molecule has 1 fully saturated rings. The van der Waals surface area contributed by atoms with Crippen LogP contribution in [0.1, 0.15) is 19.8 Å². The van der Waals surface area contributed by atoms with Crippen molar-refractivity contribution in [2.24, 2.45) is 11.8 Å². The van der Waals surface area contributed by atoms with E-state index >= 15 is 0 Å². The minimum atomic E-state index is -0.217. The van der Waals surface area contributed by atoms with Crippen molar-refractivity contribution in [2.45, 2.75) is 25.9 Å². The number of aliphatic hydroxyl groups excluding tert-OH is 1. The predicted octanol–water partition coefficient (Wildman–Crippen LogP) is 0.616. The molecule has 1 aliphatic heterocycles. The lowest BCUT2D eigenvalue weighted by atomic mass is 9.90. The molecule has 0 amide bonds. The summed E-state index contributed by atoms with van der Waals surface area (Å²) < 4.78 is 0. The van der Waals surface area contributed by atoms with Crippen LogP contribution in [0.3, 0.4) is 0 Å². The van der Waals surface area contributed by atoms with Gasteiger partial charge in [-0.05, 0) is 18.9 Å². The second-order valence-electron chi connectivity index (χ2n) is 3.61. The zero-order valence-electron chi connectivity index (χ0n) is 7.59. The molecule has 0 spiro atoms. The Morgan fingerprint density at radius 3 is 2.92 bits per heavy atom. The van der Waals surface area contributed by atoms with Crippen molar-refractivity contribution in [1.29, 1.82) is 0 Å². The van der Waals surface area contributed by atoms with E-state index in [9.17, 15) is 5.11 Å². The summed E-state index contributed by atoms with van der Waals surface area (Å²) in [5.74, 6) is 3.54. The maximum Gasteiger partial charge on any atom is 0.0592 e. The number of hydrogen-bond acceptors (Lipinski definition) is 2. The van der Waals surface area contributed by atoms with E-state index in [4.69, 9.17) is 6.42 Å². The maximum atomic E-state index is 9.71. The average Bonchev–Trinajstić information content (AvgIpc) is 2.47. The van der Waals surface area contributed by atoms with Gasteiger partial charge in [-0.1, -0.05) is 6.92 Å². The van der Waals surface area contributed by atoms with Gasteiger partial charge < -0.3 is 10.4 Å². The van der Waals surface area contributed by atoms with Crippen LogP contribution in [0.2, 0.25) is 0 Å². The van der Waals surface area contributed by atoms with Gasteiger partial charge in [0.05, 0.1) is 6.10 Å². The second-order valence-corrected chi connectivity index (χ2v) is 3.61. The highest BCUT2D eigenvalue weighted by atomic mass is 16.3. The lowest BCUT2D eigenvalue weighted by molar-refractivity contribution is 0.0912. The highest BCUT2D eigenvalue weighted by Gasteiger charge is 2.28. The molecule has 2 nitrogen and oxygen atoms in total. The lowest BCUT2D eigenvalue weighted by Crippen LogP contribution is -2.26. The van der Waals surface area contributed by atoms with Crippen molar-refractivity contribution < 1.29 is 5.11 Å². The first-order valence-corrected chi connectivity index (χ1v) is 4.58. The topological polar surface area (TPSA) is 32.3 Å². The van der Waals surface area contributed by atoms with Crippen molar-refractivity contribution >= 4 is 0 Å². The van der Waals surface area contributed by atoms with E-state index in [1.54, 1.807) is 0 Å². The molecule has 68 valence electrons. The van der Waals surface area contributed by atoms with E-state index in [0.717, 1.165) is 19.5 Å². The Morgan fingerprint density at radius 1 is 1.67 bits per heavy atom. The van der Waals surface area contributed by atoms with E-state index in [0.29, 0.717) is 18.3 Å². The highest BCUT2D eigenvalue weighted by molar-refractivity contribution is 4.88. The van der Waals surface area contributed by atoms with Crippen molar-refractivity contribution in [1.82, 2.24) is 5.32 Å². The van der Waals surface area contributed by atoms with Crippen molar-refractivity contribution in [3.8, 4) is 12.3 Å². The molecule has 1 rings (SSSR count). The third kappa shape index (κ3) is 2.23. The van der Waals surface area contributed by atoms with Gasteiger partial charge in [-0.15, -0.1) is 12.3 Å². The largest absolute Gasteiger partial charge is 0.393 e. The van der Waals surface area contributed by atoms with Crippen LogP contribution in [0.25, 0.3) is 0 Å². The van der Waals surface area contributed by atoms with Gasteiger partial charge in [0, 0.05) is 18.9 Å². The van der Waals surface area contributed by atoms with E-state index in [-0.39, 0.29) is 6.10 Å². The molecular weight excluding hydrogens is 150 g/mol. The normalized spacial score (nSPS) is 31.4. The van der Waals surface area contributed by atoms with Crippen molar-refractivity contribution in [2.75, 3.05) is 13.1 Å². The SMILES string of the molecule is C#CCCC(O)C1CNCC1C. The summed E-state index contributed by atoms with van der Waals surface area (Å²) in [5.41, 5.74) is 0. The van der Waals surface area contributed by atoms with Gasteiger partial charge in [0.1, 0.15) is 0 Å². The van der Waals surface area contributed by atoms with Gasteiger partial charge >= 0.3 is 0 Å². The molecule has 0 aliphatic carbocycles. The van der Waals surface area contributed by atoms with Crippen molar-refractivity contribution in [3.05, 3.63) is 0 Å². The van der Waals surface area contributed by atoms with E-state index in [2.05, 4.69) is 18.2 Å². The van der Waals surface area contributed by atoms with Gasteiger partial charge in [-0.25, -0.2) is 0 Å². The molecule has 0 radical (unpaired) electrons. The Balaban J connectivity index is 2.31. The van der Waals surface area contributed by atoms with Gasteiger partial charge in [-0.2, -0.15) is 0 Å². The molecule has 3 atom stereocenters. The van der Waals surface area contributed by atoms with Crippen LogP contribution in [-0.2, 0) is 0 Å². The van der Waals surface area contributed by atoms with Crippen LogP contribution in [-0.4, -0.2) is 24.3 Å². The Labute approximate surface area is 74.4 Å². The lowest BCUT2D eigenvalue weighted by Gasteiger charge is -2.20. The number of nitrogens with one attached hydrogen (secondary N) is 1. The first-order chi connectivity index (χ1) is 5.75. The number of rotatable bonds is 3. The first-order valence-electron chi connectivity index (χ1n) is 4.58. The van der Waals surface area contributed by atoms with Gasteiger partial charge in [0.25, 0.3) is 0 Å². The molecule has 1 aliphatic rings. The molecule has 0 aromatic rings. The molecule has 0 bridgehead atoms. The van der Waals surface area contributed by atoms with Crippen LogP contribution in [0, 0.1) is 24.2 Å². The minimum absolute atomic E-state index is 0.217. The van der Waals surface area contributed by atoms with E-state index in [1.165, 1.54) is 0 Å². The average molecular weight is 167 g/mol. The van der Waals surface area contributed by atoms with Gasteiger partial charge in [-0.3, -0.25) is 0 Å². The highest BCUT2D eigenvalue weighted by Crippen LogP contribution is 2.22. The van der Waals surface area contributed by atoms with Gasteiger partial charge in [0.2, 0.25) is 0 Å². The summed E-state index contributed by atoms with van der Waals surface area (Å²) in [6.45, 7) is 4.13. The predicted molar refractivity (Wildman–Crippen MR) is 49.6 cm³/mol. The fourth-order valence-electron chi connectivity index (χ4n) is 1.79. The number of terminal acetylenes is 1. The van der Waals surface area contributed by atoms with Crippen LogP contribution in [0.5, 0.6) is 0 Å². The zero-order valence-corrected chi connectivity index (χ0v) is 7.59. The first kappa shape index (κ1) is 9.57.